The molecule has 0 aliphatic heterocycles. The minimum Gasteiger partial charge on any atom is -0.393 e. The van der Waals surface area contributed by atoms with Gasteiger partial charge in [-0.25, -0.2) is 0 Å². The lowest BCUT2D eigenvalue weighted by molar-refractivity contribution is -0.00444. The van der Waals surface area contributed by atoms with Gasteiger partial charge in [0, 0.05) is 26.4 Å². The van der Waals surface area contributed by atoms with Crippen molar-refractivity contribution in [2.75, 3.05) is 26.4 Å². The van der Waals surface area contributed by atoms with Crippen molar-refractivity contribution in [3.63, 3.8) is 0 Å². The monoisotopic (exact) mass is 280 g/mol. The quantitative estimate of drug-likeness (QED) is 0.426. The molecule has 0 heterocycles. The van der Waals surface area contributed by atoms with Gasteiger partial charge in [-0.15, -0.1) is 0 Å². The maximum absolute atomic E-state index is 5.72. The van der Waals surface area contributed by atoms with Crippen LogP contribution in [-0.4, -0.2) is 45.5 Å². The van der Waals surface area contributed by atoms with Crippen molar-refractivity contribution in [3.05, 3.63) is 0 Å². The lowest BCUT2D eigenvalue weighted by Gasteiger charge is -2.27. The van der Waals surface area contributed by atoms with Crippen LogP contribution in [0.25, 0.3) is 0 Å². The van der Waals surface area contributed by atoms with Gasteiger partial charge in [-0.1, -0.05) is 13.8 Å². The average Bonchev–Trinajstić information content (AvgIpc) is 2.27. The highest BCUT2D eigenvalue weighted by Crippen LogP contribution is 2.13. The third-order valence-corrected chi connectivity index (χ3v) is 5.15. The van der Waals surface area contributed by atoms with Crippen LogP contribution in [0.2, 0.25) is 0 Å². The van der Waals surface area contributed by atoms with Gasteiger partial charge in [-0.2, -0.15) is 0 Å². The van der Waals surface area contributed by atoms with Crippen molar-refractivity contribution in [3.8, 4) is 0 Å². The summed E-state index contributed by atoms with van der Waals surface area (Å²) in [6.07, 6.45) is 0. The first-order chi connectivity index (χ1) is 8.10. The van der Waals surface area contributed by atoms with E-state index in [1.54, 1.807) is 0 Å². The molecule has 0 aliphatic carbocycles. The van der Waals surface area contributed by atoms with Crippen LogP contribution in [0, 0.1) is 5.92 Å². The summed E-state index contributed by atoms with van der Waals surface area (Å²) in [4.78, 5) is 0. The van der Waals surface area contributed by atoms with Crippen LogP contribution in [0.1, 0.15) is 34.6 Å². The lowest BCUT2D eigenvalue weighted by Crippen LogP contribution is -2.51. The second-order valence-corrected chi connectivity index (χ2v) is 6.83. The third-order valence-electron chi connectivity index (χ3n) is 1.61. The average molecular weight is 280 g/mol. The summed E-state index contributed by atoms with van der Waals surface area (Å²) in [5.41, 5.74) is 0. The lowest BCUT2D eigenvalue weighted by atomic mass is 10.2. The SMILES string of the molecule is CCO[Si]O[Si](OCC)(OCC)OCC(C)C. The Hall–Kier alpha value is 0.234. The molecule has 0 rings (SSSR count). The van der Waals surface area contributed by atoms with Crippen LogP contribution in [0.3, 0.4) is 0 Å². The highest BCUT2D eigenvalue weighted by molar-refractivity contribution is 6.59. The Morgan fingerprint density at radius 1 is 0.941 bits per heavy atom. The molecule has 0 unspecified atom stereocenters. The molecule has 0 amide bonds. The third kappa shape index (κ3) is 8.03. The molecule has 2 radical (unpaired) electrons. The van der Waals surface area contributed by atoms with E-state index in [1.165, 1.54) is 0 Å². The summed E-state index contributed by atoms with van der Waals surface area (Å²) in [5.74, 6) is 0.404. The molecule has 0 fully saturated rings. The van der Waals surface area contributed by atoms with E-state index in [0.717, 1.165) is 0 Å². The van der Waals surface area contributed by atoms with Crippen LogP contribution < -0.4 is 0 Å². The van der Waals surface area contributed by atoms with Crippen molar-refractivity contribution < 1.29 is 21.8 Å². The highest BCUT2D eigenvalue weighted by atomic mass is 28.4. The molecule has 102 valence electrons. The fourth-order valence-corrected chi connectivity index (χ4v) is 3.94. The van der Waals surface area contributed by atoms with E-state index in [2.05, 4.69) is 13.8 Å². The smallest absolute Gasteiger partial charge is 0.393 e. The predicted octanol–water partition coefficient (Wildman–Crippen LogP) is 1.75. The highest BCUT2D eigenvalue weighted by Gasteiger charge is 2.45. The zero-order chi connectivity index (χ0) is 13.1. The van der Waals surface area contributed by atoms with Crippen molar-refractivity contribution >= 4 is 19.1 Å². The van der Waals surface area contributed by atoms with Gasteiger partial charge in [-0.05, 0) is 26.7 Å². The molecular formula is C10H24O5Si2. The van der Waals surface area contributed by atoms with Crippen LogP contribution in [0.15, 0.2) is 0 Å². The van der Waals surface area contributed by atoms with Gasteiger partial charge in [0.15, 0.2) is 0 Å². The predicted molar refractivity (Wildman–Crippen MR) is 68.3 cm³/mol. The fraction of sp³-hybridized carbons (Fsp3) is 1.00. The van der Waals surface area contributed by atoms with Crippen molar-refractivity contribution in [2.45, 2.75) is 34.6 Å². The van der Waals surface area contributed by atoms with E-state index < -0.39 is 9.05 Å². The Bertz CT molecular complexity index is 174. The number of hydrogen-bond donors (Lipinski definition) is 0. The number of rotatable bonds is 11. The molecule has 7 heteroatoms. The first-order valence-corrected chi connectivity index (χ1v) is 8.51. The summed E-state index contributed by atoms with van der Waals surface area (Å²) in [6.45, 7) is 12.0. The molecule has 0 aromatic heterocycles. The second-order valence-electron chi connectivity index (χ2n) is 3.69. The van der Waals surface area contributed by atoms with Crippen LogP contribution >= 0.6 is 0 Å². The Labute approximate surface area is 108 Å². The standard InChI is InChI=1S/C10H24O5Si2/c1-6-11-16-15-17(12-7-2,13-8-3)14-9-10(4)5/h10H,6-9H2,1-5H3. The summed E-state index contributed by atoms with van der Waals surface area (Å²) < 4.78 is 27.6. The summed E-state index contributed by atoms with van der Waals surface area (Å²) in [7, 11) is -3.11. The van der Waals surface area contributed by atoms with Crippen molar-refractivity contribution in [1.82, 2.24) is 0 Å². The van der Waals surface area contributed by atoms with Gasteiger partial charge >= 0.3 is 19.1 Å². The van der Waals surface area contributed by atoms with Crippen LogP contribution in [0.4, 0.5) is 0 Å². The van der Waals surface area contributed by atoms with Crippen molar-refractivity contribution in [2.24, 2.45) is 5.92 Å². The Morgan fingerprint density at radius 3 is 1.94 bits per heavy atom. The second kappa shape index (κ2) is 10.2. The van der Waals surface area contributed by atoms with E-state index in [1.807, 2.05) is 20.8 Å². The summed E-state index contributed by atoms with van der Waals surface area (Å²) in [5, 5.41) is 0. The number of hydrogen-bond acceptors (Lipinski definition) is 5. The normalized spacial score (nSPS) is 12.4. The van der Waals surface area contributed by atoms with E-state index in [4.69, 9.17) is 21.8 Å². The molecule has 5 nitrogen and oxygen atoms in total. The first-order valence-electron chi connectivity index (χ1n) is 6.06. The zero-order valence-electron chi connectivity index (χ0n) is 11.4. The van der Waals surface area contributed by atoms with Crippen LogP contribution in [-0.2, 0) is 21.8 Å². The largest absolute Gasteiger partial charge is 0.670 e. The van der Waals surface area contributed by atoms with Gasteiger partial charge in [-0.3, -0.25) is 0 Å². The molecule has 0 aromatic rings. The van der Waals surface area contributed by atoms with E-state index >= 15 is 0 Å². The van der Waals surface area contributed by atoms with Gasteiger partial charge in [0.2, 0.25) is 0 Å². The molecule has 0 aliphatic rings. The minimum absolute atomic E-state index is 0.107. The molecule has 0 N–H and O–H groups in total. The van der Waals surface area contributed by atoms with Gasteiger partial charge in [0.05, 0.1) is 0 Å². The summed E-state index contributed by atoms with van der Waals surface area (Å²) >= 11 is 0. The van der Waals surface area contributed by atoms with Gasteiger partial charge < -0.3 is 21.8 Å². The molecule has 0 bridgehead atoms. The first kappa shape index (κ1) is 17.2. The Kier molecular flexibility index (Phi) is 10.3. The van der Waals surface area contributed by atoms with Gasteiger partial charge in [0.25, 0.3) is 0 Å². The molecule has 0 aromatic carbocycles. The van der Waals surface area contributed by atoms with Crippen LogP contribution in [0.5, 0.6) is 0 Å². The van der Waals surface area contributed by atoms with E-state index in [-0.39, 0.29) is 10.0 Å². The molecule has 0 spiro atoms. The zero-order valence-corrected chi connectivity index (χ0v) is 13.4. The minimum atomic E-state index is -3.01. The summed E-state index contributed by atoms with van der Waals surface area (Å²) in [6, 6.07) is 0. The topological polar surface area (TPSA) is 46.2 Å². The maximum atomic E-state index is 5.72. The Morgan fingerprint density at radius 2 is 1.53 bits per heavy atom. The maximum Gasteiger partial charge on any atom is 0.670 e. The molecule has 0 atom stereocenters. The Balaban J connectivity index is 4.36. The molecular weight excluding hydrogens is 256 g/mol. The molecule has 17 heavy (non-hydrogen) atoms. The molecule has 0 saturated heterocycles. The molecule has 0 saturated carbocycles. The van der Waals surface area contributed by atoms with Crippen molar-refractivity contribution in [1.29, 1.82) is 0 Å². The van der Waals surface area contributed by atoms with E-state index in [9.17, 15) is 0 Å². The fourth-order valence-electron chi connectivity index (χ4n) is 0.975. The van der Waals surface area contributed by atoms with E-state index in [0.29, 0.717) is 32.3 Å². The van der Waals surface area contributed by atoms with Gasteiger partial charge in [0.1, 0.15) is 0 Å².